The van der Waals surface area contributed by atoms with Crippen LogP contribution in [0.25, 0.3) is 0 Å². The van der Waals surface area contributed by atoms with Crippen molar-refractivity contribution >= 4 is 11.9 Å². The van der Waals surface area contributed by atoms with Crippen molar-refractivity contribution in [3.63, 3.8) is 0 Å². The summed E-state index contributed by atoms with van der Waals surface area (Å²) in [5, 5.41) is 0. The van der Waals surface area contributed by atoms with Crippen molar-refractivity contribution in [1.29, 1.82) is 0 Å². The lowest BCUT2D eigenvalue weighted by atomic mass is 9.97. The van der Waals surface area contributed by atoms with Crippen LogP contribution < -0.4 is 0 Å². The van der Waals surface area contributed by atoms with Crippen LogP contribution in [0.5, 0.6) is 0 Å². The third-order valence-corrected chi connectivity index (χ3v) is 1.90. The average Bonchev–Trinajstić information content (AvgIpc) is 2.19. The topological polar surface area (TPSA) is 52.6 Å². The van der Waals surface area contributed by atoms with E-state index in [-0.39, 0.29) is 25.2 Å². The van der Waals surface area contributed by atoms with Gasteiger partial charge in [0.2, 0.25) is 0 Å². The van der Waals surface area contributed by atoms with Crippen molar-refractivity contribution in [3.8, 4) is 11.8 Å². The lowest BCUT2D eigenvalue weighted by Crippen LogP contribution is -2.23. The molecule has 0 bridgehead atoms. The number of carbonyl (C=O) groups is 2. The van der Waals surface area contributed by atoms with Crippen LogP contribution in [0.4, 0.5) is 0 Å². The maximum atomic E-state index is 11.4. The van der Waals surface area contributed by atoms with E-state index >= 15 is 0 Å². The number of esters is 2. The van der Waals surface area contributed by atoms with Gasteiger partial charge in [-0.2, -0.15) is 0 Å². The standard InChI is InChI=1S/C14H22O4/c1-13(2,3)11(15)17-9-7-8-10-18-12(16)14(4,5)6/h9-10H2,1-6H3. The van der Waals surface area contributed by atoms with E-state index in [2.05, 4.69) is 11.8 Å². The smallest absolute Gasteiger partial charge is 0.312 e. The predicted octanol–water partition coefficient (Wildman–Crippen LogP) is 2.17. The molecule has 0 spiro atoms. The molecule has 0 radical (unpaired) electrons. The van der Waals surface area contributed by atoms with Gasteiger partial charge in [-0.25, -0.2) is 0 Å². The van der Waals surface area contributed by atoms with Crippen molar-refractivity contribution in [2.24, 2.45) is 10.8 Å². The molecule has 0 rings (SSSR count). The Balaban J connectivity index is 3.89. The molecule has 0 fully saturated rings. The van der Waals surface area contributed by atoms with Crippen LogP contribution in [0.2, 0.25) is 0 Å². The van der Waals surface area contributed by atoms with Crippen molar-refractivity contribution in [2.45, 2.75) is 41.5 Å². The zero-order chi connectivity index (χ0) is 14.4. The third kappa shape index (κ3) is 6.95. The fourth-order valence-corrected chi connectivity index (χ4v) is 0.738. The number of hydrogen-bond acceptors (Lipinski definition) is 4. The summed E-state index contributed by atoms with van der Waals surface area (Å²) in [4.78, 5) is 22.7. The van der Waals surface area contributed by atoms with Gasteiger partial charge in [-0.3, -0.25) is 9.59 Å². The fraction of sp³-hybridized carbons (Fsp3) is 0.714. The lowest BCUT2D eigenvalue weighted by Gasteiger charge is -2.15. The molecule has 4 heteroatoms. The summed E-state index contributed by atoms with van der Waals surface area (Å²) in [6.07, 6.45) is 0. The normalized spacial score (nSPS) is 11.2. The summed E-state index contributed by atoms with van der Waals surface area (Å²) >= 11 is 0. The van der Waals surface area contributed by atoms with E-state index in [1.165, 1.54) is 0 Å². The number of carbonyl (C=O) groups excluding carboxylic acids is 2. The monoisotopic (exact) mass is 254 g/mol. The van der Waals surface area contributed by atoms with Gasteiger partial charge in [-0.05, 0) is 41.5 Å². The summed E-state index contributed by atoms with van der Waals surface area (Å²) in [5.41, 5.74) is -1.05. The molecule has 0 atom stereocenters. The highest BCUT2D eigenvalue weighted by molar-refractivity contribution is 5.76. The second-order valence-corrected chi connectivity index (χ2v) is 6.01. The van der Waals surface area contributed by atoms with Crippen LogP contribution in [-0.2, 0) is 19.1 Å². The molecule has 0 N–H and O–H groups in total. The fourth-order valence-electron chi connectivity index (χ4n) is 0.738. The van der Waals surface area contributed by atoms with E-state index < -0.39 is 10.8 Å². The zero-order valence-electron chi connectivity index (χ0n) is 12.0. The van der Waals surface area contributed by atoms with Gasteiger partial charge >= 0.3 is 11.9 Å². The van der Waals surface area contributed by atoms with Gasteiger partial charge in [0.25, 0.3) is 0 Å². The highest BCUT2D eigenvalue weighted by Gasteiger charge is 2.23. The molecule has 0 saturated heterocycles. The molecule has 0 saturated carbocycles. The molecule has 0 heterocycles. The van der Waals surface area contributed by atoms with Gasteiger partial charge < -0.3 is 9.47 Å². The maximum absolute atomic E-state index is 11.4. The Morgan fingerprint density at radius 3 is 1.28 bits per heavy atom. The molecule has 0 unspecified atom stereocenters. The molecule has 18 heavy (non-hydrogen) atoms. The molecule has 0 aliphatic heterocycles. The Kier molecular flexibility index (Phi) is 5.90. The molecule has 102 valence electrons. The van der Waals surface area contributed by atoms with E-state index in [4.69, 9.17) is 9.47 Å². The predicted molar refractivity (Wildman–Crippen MR) is 68.6 cm³/mol. The van der Waals surface area contributed by atoms with Gasteiger partial charge in [0.05, 0.1) is 10.8 Å². The van der Waals surface area contributed by atoms with Crippen LogP contribution in [0.15, 0.2) is 0 Å². The molecule has 0 aliphatic carbocycles. The first-order chi connectivity index (χ1) is 8.05. The number of rotatable bonds is 2. The van der Waals surface area contributed by atoms with Crippen LogP contribution in [-0.4, -0.2) is 25.2 Å². The summed E-state index contributed by atoms with van der Waals surface area (Å²) in [7, 11) is 0. The Morgan fingerprint density at radius 1 is 0.778 bits per heavy atom. The van der Waals surface area contributed by atoms with Gasteiger partial charge in [0.1, 0.15) is 0 Å². The molecule has 0 aromatic heterocycles. The summed E-state index contributed by atoms with van der Waals surface area (Å²) in [5.74, 6) is 4.65. The Bertz CT molecular complexity index is 324. The van der Waals surface area contributed by atoms with Gasteiger partial charge in [0.15, 0.2) is 13.2 Å². The number of hydrogen-bond donors (Lipinski definition) is 0. The second-order valence-electron chi connectivity index (χ2n) is 6.01. The quantitative estimate of drug-likeness (QED) is 0.560. The van der Waals surface area contributed by atoms with E-state index in [0.29, 0.717) is 0 Å². The molecular weight excluding hydrogens is 232 g/mol. The highest BCUT2D eigenvalue weighted by Crippen LogP contribution is 2.15. The Labute approximate surface area is 109 Å². The first-order valence-corrected chi connectivity index (χ1v) is 5.85. The lowest BCUT2D eigenvalue weighted by molar-refractivity contribution is -0.152. The van der Waals surface area contributed by atoms with Gasteiger partial charge in [-0.15, -0.1) is 0 Å². The van der Waals surface area contributed by atoms with Crippen LogP contribution >= 0.6 is 0 Å². The van der Waals surface area contributed by atoms with Gasteiger partial charge in [0, 0.05) is 0 Å². The SMILES string of the molecule is CC(C)(C)C(=O)OCC#CCOC(=O)C(C)(C)C. The van der Waals surface area contributed by atoms with E-state index in [0.717, 1.165) is 0 Å². The summed E-state index contributed by atoms with van der Waals surface area (Å²) < 4.78 is 9.86. The minimum atomic E-state index is -0.527. The van der Waals surface area contributed by atoms with Crippen LogP contribution in [0, 0.1) is 22.7 Å². The molecule has 0 aromatic carbocycles. The van der Waals surface area contributed by atoms with Crippen molar-refractivity contribution < 1.29 is 19.1 Å². The van der Waals surface area contributed by atoms with Gasteiger partial charge in [-0.1, -0.05) is 11.8 Å². The van der Waals surface area contributed by atoms with Crippen LogP contribution in [0.3, 0.4) is 0 Å². The highest BCUT2D eigenvalue weighted by atomic mass is 16.5. The van der Waals surface area contributed by atoms with Crippen LogP contribution in [0.1, 0.15) is 41.5 Å². The summed E-state index contributed by atoms with van der Waals surface area (Å²) in [6, 6.07) is 0. The van der Waals surface area contributed by atoms with Crippen molar-refractivity contribution in [2.75, 3.05) is 13.2 Å². The van der Waals surface area contributed by atoms with Crippen molar-refractivity contribution in [1.82, 2.24) is 0 Å². The maximum Gasteiger partial charge on any atom is 0.312 e. The average molecular weight is 254 g/mol. The zero-order valence-corrected chi connectivity index (χ0v) is 12.0. The molecule has 0 aliphatic rings. The Morgan fingerprint density at radius 2 is 1.06 bits per heavy atom. The number of ether oxygens (including phenoxy) is 2. The molecule has 4 nitrogen and oxygen atoms in total. The minimum Gasteiger partial charge on any atom is -0.452 e. The minimum absolute atomic E-state index is 0.0170. The second kappa shape index (κ2) is 6.44. The first kappa shape index (κ1) is 16.5. The molecular formula is C14H22O4. The van der Waals surface area contributed by atoms with Crippen molar-refractivity contribution in [3.05, 3.63) is 0 Å². The Hall–Kier alpha value is -1.50. The largest absolute Gasteiger partial charge is 0.452 e. The molecule has 0 amide bonds. The molecule has 0 aromatic rings. The third-order valence-electron chi connectivity index (χ3n) is 1.90. The first-order valence-electron chi connectivity index (χ1n) is 5.85. The summed E-state index contributed by atoms with van der Waals surface area (Å²) in [6.45, 7) is 10.7. The van der Waals surface area contributed by atoms with E-state index in [1.807, 2.05) is 0 Å². The van der Waals surface area contributed by atoms with E-state index in [1.54, 1.807) is 41.5 Å². The van der Waals surface area contributed by atoms with E-state index in [9.17, 15) is 9.59 Å².